The molecule has 3 atom stereocenters. The predicted molar refractivity (Wildman–Crippen MR) is 118 cm³/mol. The molecule has 1 aliphatic heterocycles. The van der Waals surface area contributed by atoms with Crippen LogP contribution in [0.2, 0.25) is 0 Å². The van der Waals surface area contributed by atoms with Crippen LogP contribution in [0.3, 0.4) is 0 Å². The van der Waals surface area contributed by atoms with Crippen molar-refractivity contribution in [3.63, 3.8) is 0 Å². The SMILES string of the molecule is COC(CCCN(CC(C)C)C(=O)c1nc2ccccc2[nH]1)[C@@H]1CNC[C@H](CO)C1. The second kappa shape index (κ2) is 10.9. The molecular formula is C23H36N4O3. The number of ether oxygens (including phenoxy) is 1. The fourth-order valence-corrected chi connectivity index (χ4v) is 4.44. The number of carbonyl (C=O) groups is 1. The summed E-state index contributed by atoms with van der Waals surface area (Å²) in [4.78, 5) is 22.7. The minimum absolute atomic E-state index is 0.0476. The molecule has 2 heterocycles. The fraction of sp³-hybridized carbons (Fsp3) is 0.652. The van der Waals surface area contributed by atoms with Gasteiger partial charge in [-0.15, -0.1) is 0 Å². The molecule has 0 aliphatic carbocycles. The van der Waals surface area contributed by atoms with Gasteiger partial charge in [-0.05, 0) is 49.1 Å². The van der Waals surface area contributed by atoms with Crippen LogP contribution in [0.5, 0.6) is 0 Å². The van der Waals surface area contributed by atoms with E-state index in [0.29, 0.717) is 36.7 Å². The minimum atomic E-state index is -0.0476. The highest BCUT2D eigenvalue weighted by Crippen LogP contribution is 2.24. The van der Waals surface area contributed by atoms with E-state index in [-0.39, 0.29) is 18.6 Å². The van der Waals surface area contributed by atoms with E-state index in [4.69, 9.17) is 4.74 Å². The van der Waals surface area contributed by atoms with E-state index in [2.05, 4.69) is 29.1 Å². The van der Waals surface area contributed by atoms with Gasteiger partial charge < -0.3 is 25.0 Å². The van der Waals surface area contributed by atoms with Gasteiger partial charge in [0.1, 0.15) is 0 Å². The standard InChI is InChI=1S/C23H36N4O3/c1-16(2)14-27(23(29)22-25-19-7-4-5-8-20(19)26-22)10-6-9-21(30-3)18-11-17(15-28)12-24-13-18/h4-5,7-8,16-18,21,24,28H,6,9-15H2,1-3H3,(H,25,26)/t17-,18+,21?/m1/s1. The number of aliphatic hydroxyl groups is 1. The number of H-pyrrole nitrogens is 1. The van der Waals surface area contributed by atoms with E-state index in [1.807, 2.05) is 29.2 Å². The van der Waals surface area contributed by atoms with E-state index in [1.54, 1.807) is 7.11 Å². The zero-order valence-corrected chi connectivity index (χ0v) is 18.4. The van der Waals surface area contributed by atoms with Gasteiger partial charge in [-0.3, -0.25) is 4.79 Å². The lowest BCUT2D eigenvalue weighted by Gasteiger charge is -2.34. The van der Waals surface area contributed by atoms with Crippen LogP contribution in [-0.4, -0.2) is 71.9 Å². The third-order valence-corrected chi connectivity index (χ3v) is 5.94. The summed E-state index contributed by atoms with van der Waals surface area (Å²) < 4.78 is 5.79. The van der Waals surface area contributed by atoms with Gasteiger partial charge in [-0.1, -0.05) is 26.0 Å². The average Bonchev–Trinajstić information content (AvgIpc) is 3.19. The molecule has 1 amide bonds. The number of nitrogens with zero attached hydrogens (tertiary/aromatic N) is 2. The van der Waals surface area contributed by atoms with Crippen molar-refractivity contribution < 1.29 is 14.6 Å². The molecule has 1 fully saturated rings. The number of aromatic nitrogens is 2. The molecule has 166 valence electrons. The number of nitrogens with one attached hydrogen (secondary N) is 2. The summed E-state index contributed by atoms with van der Waals surface area (Å²) in [6.07, 6.45) is 2.88. The molecule has 30 heavy (non-hydrogen) atoms. The summed E-state index contributed by atoms with van der Waals surface area (Å²) in [7, 11) is 1.76. The number of para-hydroxylation sites is 2. The van der Waals surface area contributed by atoms with Crippen LogP contribution in [0, 0.1) is 17.8 Å². The molecule has 0 bridgehead atoms. The van der Waals surface area contributed by atoms with Crippen molar-refractivity contribution in [3.8, 4) is 0 Å². The zero-order chi connectivity index (χ0) is 21.5. The Morgan fingerprint density at radius 2 is 2.13 bits per heavy atom. The number of piperidine rings is 1. The topological polar surface area (TPSA) is 90.5 Å². The van der Waals surface area contributed by atoms with Crippen LogP contribution in [0.25, 0.3) is 11.0 Å². The Kier molecular flexibility index (Phi) is 8.24. The molecule has 7 heteroatoms. The lowest BCUT2D eigenvalue weighted by molar-refractivity contribution is 0.0170. The summed E-state index contributed by atoms with van der Waals surface area (Å²) in [5.74, 6) is 1.43. The molecule has 1 aromatic heterocycles. The minimum Gasteiger partial charge on any atom is -0.396 e. The molecule has 1 saturated heterocycles. The van der Waals surface area contributed by atoms with Gasteiger partial charge in [0.2, 0.25) is 0 Å². The van der Waals surface area contributed by atoms with Crippen molar-refractivity contribution >= 4 is 16.9 Å². The monoisotopic (exact) mass is 416 g/mol. The summed E-state index contributed by atoms with van der Waals surface area (Å²) in [5.41, 5.74) is 1.70. The van der Waals surface area contributed by atoms with Gasteiger partial charge in [0.05, 0.1) is 17.1 Å². The smallest absolute Gasteiger partial charge is 0.289 e. The first-order valence-corrected chi connectivity index (χ1v) is 11.1. The van der Waals surface area contributed by atoms with Crippen molar-refractivity contribution in [1.82, 2.24) is 20.2 Å². The van der Waals surface area contributed by atoms with Crippen LogP contribution in [0.4, 0.5) is 0 Å². The number of hydrogen-bond donors (Lipinski definition) is 3. The van der Waals surface area contributed by atoms with Crippen molar-refractivity contribution in [1.29, 1.82) is 0 Å². The third kappa shape index (κ3) is 5.80. The summed E-state index contributed by atoms with van der Waals surface area (Å²) >= 11 is 0. The van der Waals surface area contributed by atoms with Crippen LogP contribution >= 0.6 is 0 Å². The highest BCUT2D eigenvalue weighted by molar-refractivity contribution is 5.94. The average molecular weight is 417 g/mol. The molecule has 3 N–H and O–H groups in total. The largest absolute Gasteiger partial charge is 0.396 e. The van der Waals surface area contributed by atoms with E-state index >= 15 is 0 Å². The lowest BCUT2D eigenvalue weighted by Crippen LogP contribution is -2.43. The predicted octanol–water partition coefficient (Wildman–Crippen LogP) is 2.67. The number of carbonyl (C=O) groups excluding carboxylic acids is 1. The molecular weight excluding hydrogens is 380 g/mol. The molecule has 0 radical (unpaired) electrons. The Hall–Kier alpha value is -1.96. The second-order valence-electron chi connectivity index (χ2n) is 8.87. The second-order valence-corrected chi connectivity index (χ2v) is 8.87. The summed E-state index contributed by atoms with van der Waals surface area (Å²) in [6, 6.07) is 7.71. The van der Waals surface area contributed by atoms with Gasteiger partial charge in [0.25, 0.3) is 5.91 Å². The van der Waals surface area contributed by atoms with Gasteiger partial charge >= 0.3 is 0 Å². The fourth-order valence-electron chi connectivity index (χ4n) is 4.44. The number of hydrogen-bond acceptors (Lipinski definition) is 5. The molecule has 7 nitrogen and oxygen atoms in total. The summed E-state index contributed by atoms with van der Waals surface area (Å²) in [5, 5.41) is 12.9. The first kappa shape index (κ1) is 22.7. The van der Waals surface area contributed by atoms with Crippen molar-refractivity contribution in [2.75, 3.05) is 39.9 Å². The number of amides is 1. The number of aliphatic hydroxyl groups excluding tert-OH is 1. The molecule has 1 unspecified atom stereocenters. The van der Waals surface area contributed by atoms with E-state index < -0.39 is 0 Å². The van der Waals surface area contributed by atoms with E-state index in [1.165, 1.54) is 0 Å². The molecule has 0 saturated carbocycles. The van der Waals surface area contributed by atoms with E-state index in [9.17, 15) is 9.90 Å². The van der Waals surface area contributed by atoms with Gasteiger partial charge in [-0.25, -0.2) is 4.98 Å². The highest BCUT2D eigenvalue weighted by atomic mass is 16.5. The number of methoxy groups -OCH3 is 1. The molecule has 1 aromatic carbocycles. The normalized spacial score (nSPS) is 20.6. The molecule has 0 spiro atoms. The maximum Gasteiger partial charge on any atom is 0.289 e. The number of imidazole rings is 1. The molecule has 2 aromatic rings. The van der Waals surface area contributed by atoms with Crippen molar-refractivity contribution in [3.05, 3.63) is 30.1 Å². The lowest BCUT2D eigenvalue weighted by atomic mass is 9.85. The Morgan fingerprint density at radius 1 is 1.33 bits per heavy atom. The highest BCUT2D eigenvalue weighted by Gasteiger charge is 2.28. The number of benzene rings is 1. The maximum absolute atomic E-state index is 13.1. The van der Waals surface area contributed by atoms with Crippen LogP contribution in [0.15, 0.2) is 24.3 Å². The summed E-state index contributed by atoms with van der Waals surface area (Å²) in [6.45, 7) is 7.64. The quantitative estimate of drug-likeness (QED) is 0.554. The number of rotatable bonds is 10. The van der Waals surface area contributed by atoms with Crippen molar-refractivity contribution in [2.45, 2.75) is 39.2 Å². The van der Waals surface area contributed by atoms with Crippen LogP contribution < -0.4 is 5.32 Å². The van der Waals surface area contributed by atoms with Gasteiger partial charge in [0.15, 0.2) is 5.82 Å². The Balaban J connectivity index is 1.60. The first-order chi connectivity index (χ1) is 14.5. The maximum atomic E-state index is 13.1. The first-order valence-electron chi connectivity index (χ1n) is 11.1. The Bertz CT molecular complexity index is 774. The van der Waals surface area contributed by atoms with Gasteiger partial charge in [-0.2, -0.15) is 0 Å². The number of aromatic amines is 1. The van der Waals surface area contributed by atoms with Gasteiger partial charge in [0, 0.05) is 39.9 Å². The van der Waals surface area contributed by atoms with Crippen molar-refractivity contribution in [2.24, 2.45) is 17.8 Å². The number of fused-ring (bicyclic) bond motifs is 1. The zero-order valence-electron chi connectivity index (χ0n) is 18.4. The third-order valence-electron chi connectivity index (χ3n) is 5.94. The molecule has 3 rings (SSSR count). The van der Waals surface area contributed by atoms with Crippen LogP contribution in [-0.2, 0) is 4.74 Å². The van der Waals surface area contributed by atoms with E-state index in [0.717, 1.165) is 43.4 Å². The van der Waals surface area contributed by atoms with Crippen LogP contribution in [0.1, 0.15) is 43.7 Å². The Morgan fingerprint density at radius 3 is 2.83 bits per heavy atom. The Labute approximate surface area is 179 Å². The molecule has 1 aliphatic rings.